The third-order valence-electron chi connectivity index (χ3n) is 5.74. The molecule has 1 aliphatic rings. The van der Waals surface area contributed by atoms with E-state index in [1.165, 1.54) is 37.9 Å². The fraction of sp³-hybridized carbons (Fsp3) is 0.370. The van der Waals surface area contributed by atoms with E-state index < -0.39 is 0 Å². The van der Waals surface area contributed by atoms with Gasteiger partial charge in [-0.2, -0.15) is 0 Å². The van der Waals surface area contributed by atoms with Gasteiger partial charge in [0, 0.05) is 25.2 Å². The van der Waals surface area contributed by atoms with Crippen molar-refractivity contribution in [2.24, 2.45) is 0 Å². The van der Waals surface area contributed by atoms with Crippen molar-refractivity contribution in [3.05, 3.63) is 84.2 Å². The molecule has 1 aromatic heterocycles. The highest BCUT2D eigenvalue weighted by Gasteiger charge is 2.14. The molecule has 1 saturated heterocycles. The second kappa shape index (κ2) is 11.5. The predicted molar refractivity (Wildman–Crippen MR) is 129 cm³/mol. The second-order valence-corrected chi connectivity index (χ2v) is 8.29. The van der Waals surface area contributed by atoms with Gasteiger partial charge in [0.25, 0.3) is 0 Å². The first kappa shape index (κ1) is 22.2. The molecule has 0 spiro atoms. The zero-order valence-corrected chi connectivity index (χ0v) is 18.9. The lowest BCUT2D eigenvalue weighted by Gasteiger charge is -2.26. The number of aromatic nitrogens is 1. The highest BCUT2D eigenvalue weighted by Crippen LogP contribution is 2.26. The van der Waals surface area contributed by atoms with Gasteiger partial charge in [0.2, 0.25) is 0 Å². The van der Waals surface area contributed by atoms with E-state index in [0.717, 1.165) is 35.7 Å². The molecular formula is C27H33N3O2. The van der Waals surface area contributed by atoms with Crippen LogP contribution >= 0.6 is 0 Å². The fourth-order valence-electron chi connectivity index (χ4n) is 4.00. The van der Waals surface area contributed by atoms with E-state index in [4.69, 9.17) is 9.47 Å². The number of hydrogen-bond acceptors (Lipinski definition) is 5. The maximum absolute atomic E-state index is 6.30. The molecule has 32 heavy (non-hydrogen) atoms. The number of nitrogens with one attached hydrogen (secondary N) is 1. The van der Waals surface area contributed by atoms with E-state index in [1.54, 1.807) is 12.4 Å². The first-order chi connectivity index (χ1) is 15.8. The van der Waals surface area contributed by atoms with Crippen LogP contribution in [-0.4, -0.2) is 29.2 Å². The van der Waals surface area contributed by atoms with Crippen LogP contribution in [0.5, 0.6) is 11.5 Å². The highest BCUT2D eigenvalue weighted by molar-refractivity contribution is 5.54. The van der Waals surface area contributed by atoms with Crippen molar-refractivity contribution < 1.29 is 9.47 Å². The number of anilines is 1. The molecule has 0 amide bonds. The van der Waals surface area contributed by atoms with Crippen molar-refractivity contribution in [2.75, 3.05) is 18.4 Å². The molecule has 2 aromatic carbocycles. The van der Waals surface area contributed by atoms with Crippen molar-refractivity contribution in [1.82, 2.24) is 9.88 Å². The first-order valence-corrected chi connectivity index (χ1v) is 11.7. The van der Waals surface area contributed by atoms with Gasteiger partial charge in [-0.25, -0.2) is 0 Å². The Balaban J connectivity index is 1.38. The molecule has 5 nitrogen and oxygen atoms in total. The molecular weight excluding hydrogens is 398 g/mol. The van der Waals surface area contributed by atoms with E-state index in [0.29, 0.717) is 6.61 Å². The van der Waals surface area contributed by atoms with Gasteiger partial charge in [-0.3, -0.25) is 9.88 Å². The van der Waals surface area contributed by atoms with Gasteiger partial charge in [0.1, 0.15) is 18.1 Å². The van der Waals surface area contributed by atoms with Gasteiger partial charge >= 0.3 is 0 Å². The maximum atomic E-state index is 6.30. The Bertz CT molecular complexity index is 958. The molecule has 1 aliphatic heterocycles. The van der Waals surface area contributed by atoms with E-state index in [2.05, 4.69) is 52.5 Å². The zero-order valence-electron chi connectivity index (χ0n) is 18.9. The lowest BCUT2D eigenvalue weighted by molar-refractivity contribution is 0.216. The minimum absolute atomic E-state index is 0.177. The van der Waals surface area contributed by atoms with Crippen LogP contribution in [0.25, 0.3) is 0 Å². The summed E-state index contributed by atoms with van der Waals surface area (Å²) < 4.78 is 12.4. The predicted octanol–water partition coefficient (Wildman–Crippen LogP) is 5.87. The normalized spacial score (nSPS) is 15.2. The standard InChI is InChI=1S/C27H33N3O2/c1-2-27(32-24-13-9-12-23(18-24)20-30-16-7-4-8-17-30)29-25-19-28-15-14-26(25)31-21-22-10-5-3-6-11-22/h3,5-6,9-15,18-19,27,29H,2,4,7-8,16-17,20-21H2,1H3. The zero-order chi connectivity index (χ0) is 22.0. The molecule has 0 saturated carbocycles. The Kier molecular flexibility index (Phi) is 7.99. The monoisotopic (exact) mass is 431 g/mol. The molecule has 0 aliphatic carbocycles. The molecule has 1 N–H and O–H groups in total. The summed E-state index contributed by atoms with van der Waals surface area (Å²) in [5.74, 6) is 1.65. The van der Waals surface area contributed by atoms with E-state index in [-0.39, 0.29) is 6.23 Å². The molecule has 3 aromatic rings. The number of hydrogen-bond donors (Lipinski definition) is 1. The Labute approximate surface area is 191 Å². The average molecular weight is 432 g/mol. The number of benzene rings is 2. The molecule has 1 fully saturated rings. The summed E-state index contributed by atoms with van der Waals surface area (Å²) in [6.45, 7) is 5.99. The first-order valence-electron chi connectivity index (χ1n) is 11.7. The lowest BCUT2D eigenvalue weighted by Crippen LogP contribution is -2.29. The van der Waals surface area contributed by atoms with Crippen molar-refractivity contribution in [1.29, 1.82) is 0 Å². The van der Waals surface area contributed by atoms with E-state index in [9.17, 15) is 0 Å². The minimum atomic E-state index is -0.177. The summed E-state index contributed by atoms with van der Waals surface area (Å²) in [4.78, 5) is 6.80. The minimum Gasteiger partial charge on any atom is -0.487 e. The summed E-state index contributed by atoms with van der Waals surface area (Å²) in [6.07, 6.45) is 8.13. The Morgan fingerprint density at radius 2 is 1.78 bits per heavy atom. The second-order valence-electron chi connectivity index (χ2n) is 8.29. The van der Waals surface area contributed by atoms with Crippen molar-refractivity contribution >= 4 is 5.69 Å². The third kappa shape index (κ3) is 6.47. The number of ether oxygens (including phenoxy) is 2. The lowest BCUT2D eigenvalue weighted by atomic mass is 10.1. The van der Waals surface area contributed by atoms with Gasteiger partial charge in [-0.15, -0.1) is 0 Å². The van der Waals surface area contributed by atoms with Crippen LogP contribution < -0.4 is 14.8 Å². The van der Waals surface area contributed by atoms with Gasteiger partial charge in [0.15, 0.2) is 6.23 Å². The van der Waals surface area contributed by atoms with Crippen LogP contribution in [0.4, 0.5) is 5.69 Å². The summed E-state index contributed by atoms with van der Waals surface area (Å²) in [5, 5.41) is 3.46. The number of nitrogens with zero attached hydrogens (tertiary/aromatic N) is 2. The van der Waals surface area contributed by atoms with Crippen molar-refractivity contribution in [2.45, 2.75) is 52.0 Å². The number of rotatable bonds is 10. The number of pyridine rings is 1. The average Bonchev–Trinajstić information content (AvgIpc) is 2.84. The van der Waals surface area contributed by atoms with Crippen LogP contribution in [-0.2, 0) is 13.2 Å². The molecule has 4 rings (SSSR count). The van der Waals surface area contributed by atoms with Gasteiger partial charge in [0.05, 0.1) is 11.9 Å². The van der Waals surface area contributed by atoms with Crippen LogP contribution in [0.2, 0.25) is 0 Å². The molecule has 1 unspecified atom stereocenters. The molecule has 2 heterocycles. The molecule has 0 radical (unpaired) electrons. The molecule has 0 bridgehead atoms. The molecule has 5 heteroatoms. The van der Waals surface area contributed by atoms with Gasteiger partial charge in [-0.1, -0.05) is 55.8 Å². The molecule has 168 valence electrons. The van der Waals surface area contributed by atoms with Crippen molar-refractivity contribution in [3.63, 3.8) is 0 Å². The topological polar surface area (TPSA) is 46.6 Å². The fourth-order valence-corrected chi connectivity index (χ4v) is 4.00. The molecule has 1 atom stereocenters. The Morgan fingerprint density at radius 1 is 0.969 bits per heavy atom. The van der Waals surface area contributed by atoms with E-state index >= 15 is 0 Å². The van der Waals surface area contributed by atoms with Crippen molar-refractivity contribution in [3.8, 4) is 11.5 Å². The largest absolute Gasteiger partial charge is 0.487 e. The number of piperidine rings is 1. The quantitative estimate of drug-likeness (QED) is 0.407. The summed E-state index contributed by atoms with van der Waals surface area (Å²) in [5.41, 5.74) is 3.26. The van der Waals surface area contributed by atoms with Gasteiger partial charge in [-0.05, 0) is 49.2 Å². The number of likely N-dealkylation sites (tertiary alicyclic amines) is 1. The smallest absolute Gasteiger partial charge is 0.169 e. The Morgan fingerprint density at radius 3 is 2.59 bits per heavy atom. The maximum Gasteiger partial charge on any atom is 0.169 e. The summed E-state index contributed by atoms with van der Waals surface area (Å²) in [7, 11) is 0. The van der Waals surface area contributed by atoms with Crippen LogP contribution in [0.1, 0.15) is 43.7 Å². The summed E-state index contributed by atoms with van der Waals surface area (Å²) in [6, 6.07) is 20.5. The van der Waals surface area contributed by atoms with E-state index in [1.807, 2.05) is 30.3 Å². The van der Waals surface area contributed by atoms with Gasteiger partial charge < -0.3 is 14.8 Å². The third-order valence-corrected chi connectivity index (χ3v) is 5.74. The van der Waals surface area contributed by atoms with Crippen LogP contribution in [0, 0.1) is 0 Å². The SMILES string of the molecule is CCC(Nc1cnccc1OCc1ccccc1)Oc1cccc(CN2CCCCC2)c1. The summed E-state index contributed by atoms with van der Waals surface area (Å²) >= 11 is 0. The Hall–Kier alpha value is -3.05. The van der Waals surface area contributed by atoms with Crippen LogP contribution in [0.3, 0.4) is 0 Å². The highest BCUT2D eigenvalue weighted by atomic mass is 16.5. The van der Waals surface area contributed by atoms with Crippen LogP contribution in [0.15, 0.2) is 73.1 Å².